The predicted molar refractivity (Wildman–Crippen MR) is 97.7 cm³/mol. The Morgan fingerprint density at radius 1 is 1.52 bits per heavy atom. The Balaban J connectivity index is 1.92. The van der Waals surface area contributed by atoms with E-state index in [4.69, 9.17) is 9.84 Å². The molecule has 0 atom stereocenters. The Kier molecular flexibility index (Phi) is 5.26. The third kappa shape index (κ3) is 3.48. The van der Waals surface area contributed by atoms with Crippen LogP contribution in [-0.4, -0.2) is 59.9 Å². The van der Waals surface area contributed by atoms with Crippen molar-refractivity contribution in [2.24, 2.45) is 0 Å². The lowest BCUT2D eigenvalue weighted by Crippen LogP contribution is -2.31. The first-order valence-electron chi connectivity index (χ1n) is 7.50. The summed E-state index contributed by atoms with van der Waals surface area (Å²) in [6.45, 7) is 0.112. The molecule has 1 aliphatic rings. The number of carbonyl (C=O) groups excluding carboxylic acids is 2. The lowest BCUT2D eigenvalue weighted by atomic mass is 10.2. The fourth-order valence-electron chi connectivity index (χ4n) is 2.56. The molecule has 0 saturated heterocycles. The number of fused-ring (bicyclic) bond motifs is 1. The third-order valence-electron chi connectivity index (χ3n) is 3.77. The van der Waals surface area contributed by atoms with E-state index < -0.39 is 5.97 Å². The number of anilines is 1. The first-order valence-corrected chi connectivity index (χ1v) is 9.54. The molecular weight excluding hydrogens is 362 g/mol. The standard InChI is InChI=1S/C16H17N3O4S2/c1-23-15(22)10-8-19(5-6-20)14(21)13(10)17-9-3-4-11-12(7-9)25-16(18-11)24-2/h3-4,7,17,20H,5-6,8H2,1-2H3. The fourth-order valence-corrected chi connectivity index (χ4v) is 4.09. The lowest BCUT2D eigenvalue weighted by molar-refractivity contribution is -0.136. The van der Waals surface area contributed by atoms with Gasteiger partial charge in [-0.2, -0.15) is 0 Å². The van der Waals surface area contributed by atoms with Crippen molar-refractivity contribution in [3.63, 3.8) is 0 Å². The van der Waals surface area contributed by atoms with Gasteiger partial charge in [0, 0.05) is 12.2 Å². The van der Waals surface area contributed by atoms with Crippen LogP contribution >= 0.6 is 23.1 Å². The number of thioether (sulfide) groups is 1. The minimum atomic E-state index is -0.556. The molecule has 0 unspecified atom stereocenters. The second-order valence-electron chi connectivity index (χ2n) is 5.29. The monoisotopic (exact) mass is 379 g/mol. The SMILES string of the molecule is COC(=O)C1=C(Nc2ccc3nc(SC)sc3c2)C(=O)N(CCO)C1. The van der Waals surface area contributed by atoms with Crippen LogP contribution in [0.1, 0.15) is 0 Å². The zero-order valence-corrected chi connectivity index (χ0v) is 15.4. The summed E-state index contributed by atoms with van der Waals surface area (Å²) in [7, 11) is 1.28. The van der Waals surface area contributed by atoms with Gasteiger partial charge >= 0.3 is 5.97 Å². The maximum Gasteiger partial charge on any atom is 0.337 e. The van der Waals surface area contributed by atoms with Crippen molar-refractivity contribution in [3.05, 3.63) is 29.5 Å². The summed E-state index contributed by atoms with van der Waals surface area (Å²) in [5.74, 6) is -0.886. The molecule has 1 aromatic carbocycles. The molecule has 7 nitrogen and oxygen atoms in total. The van der Waals surface area contributed by atoms with Gasteiger partial charge in [0.05, 0.1) is 36.1 Å². The number of ether oxygens (including phenoxy) is 1. The normalized spacial score (nSPS) is 14.5. The summed E-state index contributed by atoms with van der Waals surface area (Å²) in [6, 6.07) is 5.59. The van der Waals surface area contributed by atoms with Crippen LogP contribution in [0.3, 0.4) is 0 Å². The Morgan fingerprint density at radius 2 is 2.32 bits per heavy atom. The second-order valence-corrected chi connectivity index (χ2v) is 7.37. The number of aliphatic hydroxyl groups excluding tert-OH is 1. The van der Waals surface area contributed by atoms with Crippen LogP contribution in [0.4, 0.5) is 5.69 Å². The number of aliphatic hydroxyl groups is 1. The highest BCUT2D eigenvalue weighted by molar-refractivity contribution is 8.00. The molecule has 132 valence electrons. The average molecular weight is 379 g/mol. The second kappa shape index (κ2) is 7.42. The van der Waals surface area contributed by atoms with E-state index in [2.05, 4.69) is 10.3 Å². The maximum absolute atomic E-state index is 12.5. The van der Waals surface area contributed by atoms with Crippen LogP contribution < -0.4 is 5.32 Å². The first kappa shape index (κ1) is 17.7. The van der Waals surface area contributed by atoms with Gasteiger partial charge in [0.15, 0.2) is 4.34 Å². The summed E-state index contributed by atoms with van der Waals surface area (Å²) in [5, 5.41) is 12.1. The smallest absolute Gasteiger partial charge is 0.337 e. The minimum absolute atomic E-state index is 0.119. The molecule has 2 aromatic rings. The number of amides is 1. The summed E-state index contributed by atoms with van der Waals surface area (Å²) < 4.78 is 6.73. The number of aromatic nitrogens is 1. The molecule has 0 saturated carbocycles. The molecule has 2 N–H and O–H groups in total. The van der Waals surface area contributed by atoms with Gasteiger partial charge in [-0.25, -0.2) is 9.78 Å². The number of thiazole rings is 1. The van der Waals surface area contributed by atoms with Crippen molar-refractivity contribution in [2.45, 2.75) is 4.34 Å². The number of rotatable bonds is 6. The van der Waals surface area contributed by atoms with Gasteiger partial charge in [0.2, 0.25) is 0 Å². The van der Waals surface area contributed by atoms with Crippen molar-refractivity contribution in [3.8, 4) is 0 Å². The topological polar surface area (TPSA) is 91.8 Å². The average Bonchev–Trinajstić information content (AvgIpc) is 3.17. The number of hydrogen-bond acceptors (Lipinski definition) is 8. The Morgan fingerprint density at radius 3 is 3.00 bits per heavy atom. The molecular formula is C16H17N3O4S2. The summed E-state index contributed by atoms with van der Waals surface area (Å²) in [4.78, 5) is 30.4. The number of benzene rings is 1. The zero-order chi connectivity index (χ0) is 18.0. The highest BCUT2D eigenvalue weighted by atomic mass is 32.2. The van der Waals surface area contributed by atoms with E-state index in [1.54, 1.807) is 23.1 Å². The molecule has 0 aliphatic carbocycles. The molecule has 2 heterocycles. The van der Waals surface area contributed by atoms with Crippen LogP contribution in [0.2, 0.25) is 0 Å². The molecule has 1 aromatic heterocycles. The summed E-state index contributed by atoms with van der Waals surface area (Å²) in [5.41, 5.74) is 2.03. The maximum atomic E-state index is 12.5. The van der Waals surface area contributed by atoms with Gasteiger partial charge in [-0.1, -0.05) is 11.8 Å². The Labute approximate surface area is 152 Å². The molecule has 0 spiro atoms. The van der Waals surface area contributed by atoms with Gasteiger partial charge in [-0.15, -0.1) is 11.3 Å². The molecule has 1 aliphatic heterocycles. The number of β-amino-alcohol motifs (C(OH)–C–C–N with tert-alkyl or cyclic N) is 1. The number of hydrogen-bond donors (Lipinski definition) is 2. The van der Waals surface area contributed by atoms with Gasteiger partial charge < -0.3 is 20.1 Å². The molecule has 0 bridgehead atoms. The Hall–Kier alpha value is -2.10. The molecule has 0 fully saturated rings. The van der Waals surface area contributed by atoms with E-state index in [1.165, 1.54) is 12.0 Å². The molecule has 25 heavy (non-hydrogen) atoms. The third-order valence-corrected chi connectivity index (χ3v) is 5.77. The number of nitrogens with one attached hydrogen (secondary N) is 1. The Bertz CT molecular complexity index is 862. The summed E-state index contributed by atoms with van der Waals surface area (Å²) in [6.07, 6.45) is 1.97. The van der Waals surface area contributed by atoms with Crippen molar-refractivity contribution >= 4 is 50.9 Å². The number of nitrogens with zero attached hydrogens (tertiary/aromatic N) is 2. The van der Waals surface area contributed by atoms with E-state index in [-0.39, 0.29) is 36.9 Å². The molecule has 3 rings (SSSR count). The predicted octanol–water partition coefficient (Wildman–Crippen LogP) is 1.69. The molecule has 1 amide bonds. The van der Waals surface area contributed by atoms with E-state index in [1.807, 2.05) is 24.5 Å². The van der Waals surface area contributed by atoms with Crippen LogP contribution in [0.25, 0.3) is 10.2 Å². The van der Waals surface area contributed by atoms with Crippen LogP contribution in [0.5, 0.6) is 0 Å². The zero-order valence-electron chi connectivity index (χ0n) is 13.7. The van der Waals surface area contributed by atoms with Crippen LogP contribution in [0.15, 0.2) is 33.8 Å². The van der Waals surface area contributed by atoms with E-state index in [0.717, 1.165) is 14.6 Å². The molecule has 0 radical (unpaired) electrons. The van der Waals surface area contributed by atoms with Gasteiger partial charge in [0.1, 0.15) is 5.70 Å². The first-order chi connectivity index (χ1) is 12.1. The number of methoxy groups -OCH3 is 1. The highest BCUT2D eigenvalue weighted by Crippen LogP contribution is 2.31. The van der Waals surface area contributed by atoms with Crippen molar-refractivity contribution in [2.75, 3.05) is 38.4 Å². The minimum Gasteiger partial charge on any atom is -0.466 e. The lowest BCUT2D eigenvalue weighted by Gasteiger charge is -2.15. The fraction of sp³-hybridized carbons (Fsp3) is 0.312. The van der Waals surface area contributed by atoms with Gasteiger partial charge in [0.25, 0.3) is 5.91 Å². The molecule has 9 heteroatoms. The van der Waals surface area contributed by atoms with Gasteiger partial charge in [-0.3, -0.25) is 4.79 Å². The number of esters is 1. The van der Waals surface area contributed by atoms with Crippen LogP contribution in [-0.2, 0) is 14.3 Å². The van der Waals surface area contributed by atoms with Gasteiger partial charge in [-0.05, 0) is 24.5 Å². The quantitative estimate of drug-likeness (QED) is 0.583. The van der Waals surface area contributed by atoms with E-state index in [0.29, 0.717) is 5.69 Å². The van der Waals surface area contributed by atoms with E-state index >= 15 is 0 Å². The summed E-state index contributed by atoms with van der Waals surface area (Å²) >= 11 is 3.14. The largest absolute Gasteiger partial charge is 0.466 e. The number of carbonyl (C=O) groups is 2. The van der Waals surface area contributed by atoms with E-state index in [9.17, 15) is 9.59 Å². The van der Waals surface area contributed by atoms with Crippen molar-refractivity contribution < 1.29 is 19.4 Å². The highest BCUT2D eigenvalue weighted by Gasteiger charge is 2.34. The van der Waals surface area contributed by atoms with Crippen molar-refractivity contribution in [1.82, 2.24) is 9.88 Å². The van der Waals surface area contributed by atoms with Crippen molar-refractivity contribution in [1.29, 1.82) is 0 Å². The van der Waals surface area contributed by atoms with Crippen LogP contribution in [0, 0.1) is 0 Å².